The molecule has 0 aliphatic carbocycles. The highest BCUT2D eigenvalue weighted by Crippen LogP contribution is 2.12. The predicted molar refractivity (Wildman–Crippen MR) is 60.0 cm³/mol. The fraction of sp³-hybridized carbons (Fsp3) is 0.333. The third-order valence-electron chi connectivity index (χ3n) is 2.20. The lowest BCUT2D eigenvalue weighted by molar-refractivity contribution is -0.135. The second kappa shape index (κ2) is 5.89. The summed E-state index contributed by atoms with van der Waals surface area (Å²) in [6, 6.07) is 1.56. The Morgan fingerprint density at radius 2 is 2.12 bits per heavy atom. The molecule has 1 aromatic heterocycles. The smallest absolute Gasteiger partial charge is 0.371 e. The number of allylic oxidation sites excluding steroid dienone is 1. The lowest BCUT2D eigenvalue weighted by Crippen LogP contribution is -2.03. The summed E-state index contributed by atoms with van der Waals surface area (Å²) in [7, 11) is 0. The van der Waals surface area contributed by atoms with Crippen molar-refractivity contribution in [2.24, 2.45) is 0 Å². The summed E-state index contributed by atoms with van der Waals surface area (Å²) in [6.45, 7) is 2.06. The highest BCUT2D eigenvalue weighted by molar-refractivity contribution is 6.06. The number of carbonyl (C=O) groups excluding carboxylic acids is 1. The monoisotopic (exact) mass is 238 g/mol. The molecular weight excluding hydrogens is 224 g/mol. The van der Waals surface area contributed by atoms with Crippen molar-refractivity contribution in [2.45, 2.75) is 26.2 Å². The Labute approximate surface area is 98.4 Å². The Morgan fingerprint density at radius 3 is 2.71 bits per heavy atom. The number of rotatable bonds is 6. The molecule has 0 saturated carbocycles. The van der Waals surface area contributed by atoms with Crippen molar-refractivity contribution in [3.05, 3.63) is 35.5 Å². The van der Waals surface area contributed by atoms with Crippen LogP contribution >= 0.6 is 0 Å². The molecule has 2 N–H and O–H groups in total. The van der Waals surface area contributed by atoms with Crippen LogP contribution in [0.1, 0.15) is 35.9 Å². The van der Waals surface area contributed by atoms with Gasteiger partial charge in [0.25, 0.3) is 0 Å². The average Bonchev–Trinajstić information content (AvgIpc) is 2.74. The molecule has 0 saturated heterocycles. The molecule has 0 aromatic carbocycles. The standard InChI is InChI=1S/C12H14O5/c1-2-3-4-8-5-11(17-7-8)9(13)6-10(14)12(15)16/h5-7,14H,2-4H2,1H3,(H,15,16)/b10-6-. The average molecular weight is 238 g/mol. The molecule has 0 radical (unpaired) electrons. The molecule has 5 nitrogen and oxygen atoms in total. The molecule has 1 heterocycles. The predicted octanol–water partition coefficient (Wildman–Crippen LogP) is 2.33. The Balaban J connectivity index is 2.73. The van der Waals surface area contributed by atoms with Crippen molar-refractivity contribution in [2.75, 3.05) is 0 Å². The molecule has 0 unspecified atom stereocenters. The van der Waals surface area contributed by atoms with E-state index in [1.807, 2.05) is 0 Å². The van der Waals surface area contributed by atoms with Crippen LogP contribution in [-0.4, -0.2) is 22.0 Å². The minimum absolute atomic E-state index is 0.0314. The first-order valence-electron chi connectivity index (χ1n) is 5.30. The summed E-state index contributed by atoms with van der Waals surface area (Å²) in [5, 5.41) is 17.3. The number of hydrogen-bond donors (Lipinski definition) is 2. The zero-order valence-electron chi connectivity index (χ0n) is 9.47. The SMILES string of the molecule is CCCCc1coc(C(=O)/C=C(\O)C(=O)O)c1. The van der Waals surface area contributed by atoms with Crippen LogP contribution in [0.25, 0.3) is 0 Å². The van der Waals surface area contributed by atoms with E-state index < -0.39 is 17.5 Å². The van der Waals surface area contributed by atoms with Crippen molar-refractivity contribution >= 4 is 11.8 Å². The first-order valence-corrected chi connectivity index (χ1v) is 5.30. The number of furan rings is 1. The molecule has 1 aromatic rings. The Kier molecular flexibility index (Phi) is 4.51. The van der Waals surface area contributed by atoms with Crippen molar-refractivity contribution in [1.29, 1.82) is 0 Å². The quantitative estimate of drug-likeness (QED) is 0.451. The zero-order chi connectivity index (χ0) is 12.8. The van der Waals surface area contributed by atoms with Crippen LogP contribution in [0.3, 0.4) is 0 Å². The maximum atomic E-state index is 11.5. The van der Waals surface area contributed by atoms with Gasteiger partial charge >= 0.3 is 5.97 Å². The maximum Gasteiger partial charge on any atom is 0.371 e. The van der Waals surface area contributed by atoms with Crippen LogP contribution < -0.4 is 0 Å². The normalized spacial score (nSPS) is 11.5. The van der Waals surface area contributed by atoms with E-state index in [-0.39, 0.29) is 5.76 Å². The number of ketones is 1. The fourth-order valence-electron chi connectivity index (χ4n) is 1.27. The van der Waals surface area contributed by atoms with Crippen LogP contribution in [0.15, 0.2) is 28.6 Å². The highest BCUT2D eigenvalue weighted by Gasteiger charge is 2.12. The van der Waals surface area contributed by atoms with Crippen molar-refractivity contribution in [3.63, 3.8) is 0 Å². The topological polar surface area (TPSA) is 87.7 Å². The molecule has 0 spiro atoms. The highest BCUT2D eigenvalue weighted by atomic mass is 16.4. The minimum atomic E-state index is -1.55. The van der Waals surface area contributed by atoms with Gasteiger partial charge in [-0.3, -0.25) is 4.79 Å². The lowest BCUT2D eigenvalue weighted by Gasteiger charge is -1.91. The summed E-state index contributed by atoms with van der Waals surface area (Å²) in [5.74, 6) is -3.17. The second-order valence-corrected chi connectivity index (χ2v) is 3.62. The van der Waals surface area contributed by atoms with E-state index in [0.29, 0.717) is 6.08 Å². The van der Waals surface area contributed by atoms with Crippen molar-refractivity contribution in [1.82, 2.24) is 0 Å². The van der Waals surface area contributed by atoms with E-state index >= 15 is 0 Å². The molecule has 5 heteroatoms. The zero-order valence-corrected chi connectivity index (χ0v) is 9.47. The van der Waals surface area contributed by atoms with Gasteiger partial charge in [0.05, 0.1) is 6.26 Å². The second-order valence-electron chi connectivity index (χ2n) is 3.62. The molecule has 0 fully saturated rings. The van der Waals surface area contributed by atoms with Crippen molar-refractivity contribution in [3.8, 4) is 0 Å². The van der Waals surface area contributed by atoms with Gasteiger partial charge in [0.1, 0.15) is 0 Å². The number of hydrogen-bond acceptors (Lipinski definition) is 4. The molecule has 0 aliphatic heterocycles. The Morgan fingerprint density at radius 1 is 1.41 bits per heavy atom. The molecule has 1 rings (SSSR count). The number of aryl methyl sites for hydroxylation is 1. The fourth-order valence-corrected chi connectivity index (χ4v) is 1.27. The molecule has 17 heavy (non-hydrogen) atoms. The van der Waals surface area contributed by atoms with E-state index in [1.54, 1.807) is 6.07 Å². The molecule has 92 valence electrons. The van der Waals surface area contributed by atoms with Crippen LogP contribution in [0, 0.1) is 0 Å². The summed E-state index contributed by atoms with van der Waals surface area (Å²) < 4.78 is 5.01. The largest absolute Gasteiger partial charge is 0.502 e. The van der Waals surface area contributed by atoms with Gasteiger partial charge in [-0.15, -0.1) is 0 Å². The summed E-state index contributed by atoms with van der Waals surface area (Å²) >= 11 is 0. The van der Waals surface area contributed by atoms with E-state index in [2.05, 4.69) is 6.92 Å². The van der Waals surface area contributed by atoms with Crippen LogP contribution in [0.4, 0.5) is 0 Å². The van der Waals surface area contributed by atoms with E-state index in [9.17, 15) is 9.59 Å². The molecular formula is C12H14O5. The number of aliphatic carboxylic acids is 1. The number of carboxylic acids is 1. The Bertz CT molecular complexity index is 442. The number of aliphatic hydroxyl groups excluding tert-OH is 1. The van der Waals surface area contributed by atoms with Crippen molar-refractivity contribution < 1.29 is 24.2 Å². The van der Waals surface area contributed by atoms with Gasteiger partial charge in [0.2, 0.25) is 11.5 Å². The Hall–Kier alpha value is -2.04. The van der Waals surface area contributed by atoms with Gasteiger partial charge in [0.15, 0.2) is 5.76 Å². The first kappa shape index (κ1) is 13.0. The van der Waals surface area contributed by atoms with Crippen LogP contribution in [0.5, 0.6) is 0 Å². The third-order valence-corrected chi connectivity index (χ3v) is 2.20. The summed E-state index contributed by atoms with van der Waals surface area (Å²) in [5.41, 5.74) is 0.887. The maximum absolute atomic E-state index is 11.5. The van der Waals surface area contributed by atoms with Crippen LogP contribution in [-0.2, 0) is 11.2 Å². The third kappa shape index (κ3) is 3.79. The van der Waals surface area contributed by atoms with Crippen LogP contribution in [0.2, 0.25) is 0 Å². The molecule has 0 aliphatic rings. The number of carboxylic acid groups (broad SMARTS) is 1. The first-order chi connectivity index (χ1) is 8.04. The van der Waals surface area contributed by atoms with E-state index in [0.717, 1.165) is 24.8 Å². The number of unbranched alkanes of at least 4 members (excludes halogenated alkanes) is 1. The number of aliphatic hydroxyl groups is 1. The molecule has 0 amide bonds. The van der Waals surface area contributed by atoms with Gasteiger partial charge in [-0.2, -0.15) is 0 Å². The van der Waals surface area contributed by atoms with Gasteiger partial charge < -0.3 is 14.6 Å². The lowest BCUT2D eigenvalue weighted by atomic mass is 10.1. The number of carbonyl (C=O) groups is 2. The summed E-state index contributed by atoms with van der Waals surface area (Å²) in [6.07, 6.45) is 4.93. The van der Waals surface area contributed by atoms with Gasteiger partial charge in [-0.05, 0) is 24.5 Å². The molecule has 0 atom stereocenters. The van der Waals surface area contributed by atoms with E-state index in [1.165, 1.54) is 6.26 Å². The summed E-state index contributed by atoms with van der Waals surface area (Å²) in [4.78, 5) is 21.8. The van der Waals surface area contributed by atoms with Gasteiger partial charge in [-0.25, -0.2) is 4.79 Å². The molecule has 0 bridgehead atoms. The van der Waals surface area contributed by atoms with E-state index in [4.69, 9.17) is 14.6 Å². The van der Waals surface area contributed by atoms with Gasteiger partial charge in [-0.1, -0.05) is 13.3 Å². The van der Waals surface area contributed by atoms with Gasteiger partial charge in [0, 0.05) is 6.08 Å². The minimum Gasteiger partial charge on any atom is -0.502 e.